The first kappa shape index (κ1) is 21.3. The van der Waals surface area contributed by atoms with Crippen molar-refractivity contribution in [2.45, 2.75) is 37.8 Å². The Morgan fingerprint density at radius 1 is 1.10 bits per heavy atom. The van der Waals surface area contributed by atoms with Gasteiger partial charge >= 0.3 is 0 Å². The number of hydrogen-bond donors (Lipinski definition) is 2. The lowest BCUT2D eigenvalue weighted by molar-refractivity contribution is 0.100. The van der Waals surface area contributed by atoms with Gasteiger partial charge in [-0.1, -0.05) is 11.6 Å². The number of carbonyl (C=O) groups excluding carboxylic acids is 1. The van der Waals surface area contributed by atoms with Crippen LogP contribution >= 0.6 is 11.6 Å². The molecule has 1 amide bonds. The number of benzene rings is 2. The molecule has 0 bridgehead atoms. The third-order valence-corrected chi connectivity index (χ3v) is 4.89. The van der Waals surface area contributed by atoms with Gasteiger partial charge in [0, 0.05) is 22.7 Å². The van der Waals surface area contributed by atoms with E-state index < -0.39 is 23.4 Å². The SMILES string of the molecule is NC1CCC(NN(C=NC(=O)c2ccc(F)c(F)c2)c2cc(F)cc(Cl)c2)CC1. The van der Waals surface area contributed by atoms with Crippen molar-refractivity contribution in [3.05, 3.63) is 64.4 Å². The fraction of sp³-hybridized carbons (Fsp3) is 0.300. The van der Waals surface area contributed by atoms with E-state index in [0.29, 0.717) is 5.69 Å². The summed E-state index contributed by atoms with van der Waals surface area (Å²) in [5, 5.41) is 1.58. The predicted molar refractivity (Wildman–Crippen MR) is 106 cm³/mol. The van der Waals surface area contributed by atoms with E-state index in [4.69, 9.17) is 17.3 Å². The minimum Gasteiger partial charge on any atom is -0.328 e. The minimum absolute atomic E-state index is 0.0432. The summed E-state index contributed by atoms with van der Waals surface area (Å²) < 4.78 is 40.2. The fourth-order valence-corrected chi connectivity index (χ4v) is 3.33. The summed E-state index contributed by atoms with van der Waals surface area (Å²) in [5.74, 6) is -3.52. The Hall–Kier alpha value is -2.42. The standard InChI is InChI=1S/C20H20ClF3N4O/c21-13-8-14(22)10-17(9-13)28(27-16-4-2-15(25)3-5-16)11-26-20(29)12-1-6-18(23)19(24)7-12/h1,6-11,15-16,27H,2-5,25H2. The van der Waals surface area contributed by atoms with Crippen molar-refractivity contribution in [3.8, 4) is 0 Å². The maximum Gasteiger partial charge on any atom is 0.278 e. The summed E-state index contributed by atoms with van der Waals surface area (Å²) in [6.45, 7) is 0. The number of aliphatic imine (C=N–C) groups is 1. The van der Waals surface area contributed by atoms with Crippen LogP contribution in [0.5, 0.6) is 0 Å². The van der Waals surface area contributed by atoms with Gasteiger partial charge in [-0.3, -0.25) is 9.80 Å². The second kappa shape index (κ2) is 9.39. The first-order valence-corrected chi connectivity index (χ1v) is 9.50. The second-order valence-corrected chi connectivity index (χ2v) is 7.35. The van der Waals surface area contributed by atoms with Gasteiger partial charge in [-0.25, -0.2) is 18.6 Å². The highest BCUT2D eigenvalue weighted by Gasteiger charge is 2.21. The van der Waals surface area contributed by atoms with Gasteiger partial charge < -0.3 is 5.73 Å². The maximum atomic E-state index is 13.8. The van der Waals surface area contributed by atoms with Gasteiger partial charge in [0.05, 0.1) is 5.69 Å². The highest BCUT2D eigenvalue weighted by Crippen LogP contribution is 2.23. The average molecular weight is 425 g/mol. The molecule has 5 nitrogen and oxygen atoms in total. The average Bonchev–Trinajstić information content (AvgIpc) is 2.67. The predicted octanol–water partition coefficient (Wildman–Crippen LogP) is 4.21. The summed E-state index contributed by atoms with van der Waals surface area (Å²) in [6.07, 6.45) is 4.43. The van der Waals surface area contributed by atoms with Gasteiger partial charge in [-0.15, -0.1) is 0 Å². The number of amides is 1. The molecule has 0 saturated heterocycles. The molecule has 0 aromatic heterocycles. The minimum atomic E-state index is -1.14. The van der Waals surface area contributed by atoms with Crippen molar-refractivity contribution in [1.82, 2.24) is 5.43 Å². The molecule has 1 aliphatic carbocycles. The topological polar surface area (TPSA) is 70.7 Å². The van der Waals surface area contributed by atoms with E-state index in [9.17, 15) is 18.0 Å². The molecule has 0 heterocycles. The van der Waals surface area contributed by atoms with Crippen molar-refractivity contribution in [2.75, 3.05) is 5.01 Å². The van der Waals surface area contributed by atoms with Crippen LogP contribution in [-0.4, -0.2) is 24.3 Å². The van der Waals surface area contributed by atoms with E-state index in [1.165, 1.54) is 23.5 Å². The first-order valence-electron chi connectivity index (χ1n) is 9.12. The highest BCUT2D eigenvalue weighted by molar-refractivity contribution is 6.30. The quantitative estimate of drug-likeness (QED) is 0.428. The molecule has 1 fully saturated rings. The number of nitrogens with zero attached hydrogens (tertiary/aromatic N) is 2. The van der Waals surface area contributed by atoms with Crippen LogP contribution in [0, 0.1) is 17.5 Å². The lowest BCUT2D eigenvalue weighted by Crippen LogP contribution is -2.47. The number of nitrogens with two attached hydrogens (primary N) is 1. The Kier molecular flexibility index (Phi) is 6.89. The Balaban J connectivity index is 1.82. The number of carbonyl (C=O) groups is 1. The molecular formula is C20H20ClF3N4O. The lowest BCUT2D eigenvalue weighted by atomic mass is 9.92. The van der Waals surface area contributed by atoms with Crippen molar-refractivity contribution < 1.29 is 18.0 Å². The molecule has 2 aromatic carbocycles. The van der Waals surface area contributed by atoms with Gasteiger partial charge in [0.2, 0.25) is 0 Å². The van der Waals surface area contributed by atoms with Gasteiger partial charge in [0.1, 0.15) is 12.2 Å². The van der Waals surface area contributed by atoms with Crippen LogP contribution in [0.4, 0.5) is 18.9 Å². The molecule has 0 atom stereocenters. The van der Waals surface area contributed by atoms with E-state index in [1.807, 2.05) is 0 Å². The lowest BCUT2D eigenvalue weighted by Gasteiger charge is -2.31. The number of anilines is 1. The Morgan fingerprint density at radius 2 is 1.83 bits per heavy atom. The zero-order valence-electron chi connectivity index (χ0n) is 15.4. The molecule has 29 heavy (non-hydrogen) atoms. The van der Waals surface area contributed by atoms with Crippen molar-refractivity contribution in [2.24, 2.45) is 10.7 Å². The monoisotopic (exact) mass is 424 g/mol. The second-order valence-electron chi connectivity index (χ2n) is 6.92. The number of hydrazine groups is 1. The summed E-state index contributed by atoms with van der Waals surface area (Å²) in [4.78, 5) is 16.1. The van der Waals surface area contributed by atoms with Crippen LogP contribution in [-0.2, 0) is 0 Å². The first-order chi connectivity index (χ1) is 13.8. The third-order valence-electron chi connectivity index (χ3n) is 4.68. The van der Waals surface area contributed by atoms with Crippen LogP contribution in [0.15, 0.2) is 41.4 Å². The molecule has 0 aliphatic heterocycles. The number of nitrogens with one attached hydrogen (secondary N) is 1. The molecule has 0 radical (unpaired) electrons. The van der Waals surface area contributed by atoms with E-state index in [-0.39, 0.29) is 22.7 Å². The number of halogens is 4. The summed E-state index contributed by atoms with van der Waals surface area (Å²) >= 11 is 5.95. The van der Waals surface area contributed by atoms with Crippen LogP contribution < -0.4 is 16.2 Å². The molecule has 154 valence electrons. The van der Waals surface area contributed by atoms with Crippen LogP contribution in [0.2, 0.25) is 5.02 Å². The molecule has 3 rings (SSSR count). The zero-order chi connectivity index (χ0) is 21.0. The molecule has 0 unspecified atom stereocenters. The maximum absolute atomic E-state index is 13.8. The summed E-state index contributed by atoms with van der Waals surface area (Å²) in [6, 6.07) is 6.86. The van der Waals surface area contributed by atoms with Gasteiger partial charge in [-0.05, 0) is 62.1 Å². The smallest absolute Gasteiger partial charge is 0.278 e. The number of rotatable bonds is 5. The van der Waals surface area contributed by atoms with Gasteiger partial charge in [0.25, 0.3) is 5.91 Å². The zero-order valence-corrected chi connectivity index (χ0v) is 16.2. The van der Waals surface area contributed by atoms with E-state index in [0.717, 1.165) is 49.9 Å². The Labute approximate surface area is 171 Å². The highest BCUT2D eigenvalue weighted by atomic mass is 35.5. The Bertz CT molecular complexity index is 896. The summed E-state index contributed by atoms with van der Waals surface area (Å²) in [5.41, 5.74) is 9.35. The Morgan fingerprint density at radius 3 is 2.48 bits per heavy atom. The molecular weight excluding hydrogens is 405 g/mol. The van der Waals surface area contributed by atoms with Crippen molar-refractivity contribution in [3.63, 3.8) is 0 Å². The molecule has 1 aliphatic rings. The molecule has 9 heteroatoms. The fourth-order valence-electron chi connectivity index (χ4n) is 3.11. The normalized spacial score (nSPS) is 19.5. The largest absolute Gasteiger partial charge is 0.328 e. The molecule has 0 spiro atoms. The van der Waals surface area contributed by atoms with Crippen LogP contribution in [0.25, 0.3) is 0 Å². The third kappa shape index (κ3) is 5.79. The van der Waals surface area contributed by atoms with Crippen molar-refractivity contribution >= 4 is 29.5 Å². The van der Waals surface area contributed by atoms with Crippen LogP contribution in [0.3, 0.4) is 0 Å². The number of hydrogen-bond acceptors (Lipinski definition) is 3. The summed E-state index contributed by atoms with van der Waals surface area (Å²) in [7, 11) is 0. The van der Waals surface area contributed by atoms with Gasteiger partial charge in [-0.2, -0.15) is 4.99 Å². The van der Waals surface area contributed by atoms with E-state index in [1.54, 1.807) is 0 Å². The molecule has 1 saturated carbocycles. The molecule has 3 N–H and O–H groups in total. The van der Waals surface area contributed by atoms with Crippen molar-refractivity contribution in [1.29, 1.82) is 0 Å². The van der Waals surface area contributed by atoms with Gasteiger partial charge in [0.15, 0.2) is 11.6 Å². The molecule has 2 aromatic rings. The van der Waals surface area contributed by atoms with E-state index >= 15 is 0 Å². The van der Waals surface area contributed by atoms with Crippen LogP contribution in [0.1, 0.15) is 36.0 Å². The van der Waals surface area contributed by atoms with E-state index in [2.05, 4.69) is 10.4 Å².